The van der Waals surface area contributed by atoms with Crippen molar-refractivity contribution in [3.63, 3.8) is 0 Å². The molecule has 0 amide bonds. The Morgan fingerprint density at radius 2 is 1.88 bits per heavy atom. The maximum absolute atomic E-state index is 12.0. The molecule has 3 aromatic rings. The van der Waals surface area contributed by atoms with Crippen LogP contribution in [-0.4, -0.2) is 19.2 Å². The number of benzene rings is 2. The number of carbonyl (C=O) groups is 1. The predicted molar refractivity (Wildman–Crippen MR) is 94.8 cm³/mol. The van der Waals surface area contributed by atoms with Crippen molar-refractivity contribution in [2.24, 2.45) is 0 Å². The van der Waals surface area contributed by atoms with E-state index in [4.69, 9.17) is 13.9 Å². The van der Waals surface area contributed by atoms with Gasteiger partial charge in [0, 0.05) is 11.6 Å². The van der Waals surface area contributed by atoms with E-state index in [2.05, 4.69) is 0 Å². The number of carbonyl (C=O) groups excluding carboxylic acids is 1. The van der Waals surface area contributed by atoms with E-state index in [-0.39, 0.29) is 6.61 Å². The Kier molecular flexibility index (Phi) is 4.84. The molecule has 5 nitrogen and oxygen atoms in total. The first-order valence-corrected chi connectivity index (χ1v) is 8.01. The van der Waals surface area contributed by atoms with Gasteiger partial charge in [-0.1, -0.05) is 30.3 Å². The summed E-state index contributed by atoms with van der Waals surface area (Å²) in [6, 6.07) is 14.5. The molecule has 25 heavy (non-hydrogen) atoms. The van der Waals surface area contributed by atoms with Crippen LogP contribution in [0.3, 0.4) is 0 Å². The molecule has 0 unspecified atom stereocenters. The molecule has 0 atom stereocenters. The van der Waals surface area contributed by atoms with Gasteiger partial charge in [0.2, 0.25) is 0 Å². The van der Waals surface area contributed by atoms with Gasteiger partial charge in [0.1, 0.15) is 11.3 Å². The normalized spacial score (nSPS) is 10.6. The van der Waals surface area contributed by atoms with Gasteiger partial charge in [-0.05, 0) is 37.1 Å². The number of rotatable bonds is 5. The molecule has 0 aliphatic carbocycles. The van der Waals surface area contributed by atoms with Gasteiger partial charge < -0.3 is 13.9 Å². The topological polar surface area (TPSA) is 65.7 Å². The van der Waals surface area contributed by atoms with Crippen LogP contribution in [0.4, 0.5) is 0 Å². The number of fused-ring (bicyclic) bond motifs is 1. The molecule has 0 fully saturated rings. The molecule has 0 aliphatic heterocycles. The lowest BCUT2D eigenvalue weighted by molar-refractivity contribution is -0.145. The molecule has 0 saturated heterocycles. The first-order chi connectivity index (χ1) is 12.1. The second kappa shape index (κ2) is 7.21. The Morgan fingerprint density at radius 3 is 2.60 bits per heavy atom. The summed E-state index contributed by atoms with van der Waals surface area (Å²) in [7, 11) is 0. The largest absolute Gasteiger partial charge is 0.481 e. The van der Waals surface area contributed by atoms with Crippen LogP contribution in [0.5, 0.6) is 5.75 Å². The molecule has 3 rings (SSSR count). The van der Waals surface area contributed by atoms with Crippen molar-refractivity contribution in [3.8, 4) is 16.9 Å². The number of aryl methyl sites for hydroxylation is 1. The monoisotopic (exact) mass is 338 g/mol. The Hall–Kier alpha value is -3.08. The SMILES string of the molecule is CCOC(=O)COc1cc(C)cc2oc(=O)cc(-c3ccccc3)c12. The summed E-state index contributed by atoms with van der Waals surface area (Å²) in [4.78, 5) is 23.6. The van der Waals surface area contributed by atoms with Crippen molar-refractivity contribution in [1.29, 1.82) is 0 Å². The summed E-state index contributed by atoms with van der Waals surface area (Å²) in [6.45, 7) is 3.69. The van der Waals surface area contributed by atoms with Gasteiger partial charge in [-0.2, -0.15) is 0 Å². The highest BCUT2D eigenvalue weighted by Gasteiger charge is 2.15. The molecule has 0 spiro atoms. The number of esters is 1. The number of ether oxygens (including phenoxy) is 2. The van der Waals surface area contributed by atoms with Crippen LogP contribution in [-0.2, 0) is 9.53 Å². The first kappa shape index (κ1) is 16.8. The maximum Gasteiger partial charge on any atom is 0.344 e. The molecule has 1 aromatic heterocycles. The van der Waals surface area contributed by atoms with E-state index in [0.29, 0.717) is 28.9 Å². The molecular weight excluding hydrogens is 320 g/mol. The van der Waals surface area contributed by atoms with E-state index in [1.165, 1.54) is 6.07 Å². The summed E-state index contributed by atoms with van der Waals surface area (Å²) >= 11 is 0. The van der Waals surface area contributed by atoms with Gasteiger partial charge in [0.25, 0.3) is 0 Å². The minimum atomic E-state index is -0.448. The average Bonchev–Trinajstić information content (AvgIpc) is 2.59. The van der Waals surface area contributed by atoms with E-state index in [1.807, 2.05) is 43.3 Å². The smallest absolute Gasteiger partial charge is 0.344 e. The molecule has 0 aliphatic rings. The molecule has 2 aromatic carbocycles. The minimum Gasteiger partial charge on any atom is -0.481 e. The van der Waals surface area contributed by atoms with Crippen molar-refractivity contribution < 1.29 is 18.7 Å². The Labute approximate surface area is 144 Å². The van der Waals surface area contributed by atoms with Crippen molar-refractivity contribution in [2.45, 2.75) is 13.8 Å². The van der Waals surface area contributed by atoms with Gasteiger partial charge in [-0.25, -0.2) is 9.59 Å². The zero-order valence-electron chi connectivity index (χ0n) is 14.1. The standard InChI is InChI=1S/C20H18O5/c1-3-23-19(22)12-24-16-9-13(2)10-17-20(16)15(11-18(21)25-17)14-7-5-4-6-8-14/h4-11H,3,12H2,1-2H3. The predicted octanol–water partition coefficient (Wildman–Crippen LogP) is 3.71. The van der Waals surface area contributed by atoms with Crippen LogP contribution in [0.25, 0.3) is 22.1 Å². The summed E-state index contributed by atoms with van der Waals surface area (Å²) < 4.78 is 15.9. The molecule has 0 N–H and O–H groups in total. The highest BCUT2D eigenvalue weighted by molar-refractivity contribution is 5.98. The summed E-state index contributed by atoms with van der Waals surface area (Å²) in [5.74, 6) is 0.0291. The Bertz CT molecular complexity index is 957. The zero-order chi connectivity index (χ0) is 17.8. The lowest BCUT2D eigenvalue weighted by Gasteiger charge is -2.13. The maximum atomic E-state index is 12.0. The van der Waals surface area contributed by atoms with E-state index in [9.17, 15) is 9.59 Å². The fraction of sp³-hybridized carbons (Fsp3) is 0.200. The lowest BCUT2D eigenvalue weighted by atomic mass is 10.0. The van der Waals surface area contributed by atoms with Gasteiger partial charge >= 0.3 is 11.6 Å². The lowest BCUT2D eigenvalue weighted by Crippen LogP contribution is -2.15. The zero-order valence-corrected chi connectivity index (χ0v) is 14.1. The third kappa shape index (κ3) is 3.71. The van der Waals surface area contributed by atoms with E-state index in [0.717, 1.165) is 11.1 Å². The van der Waals surface area contributed by atoms with Crippen LogP contribution in [0.15, 0.2) is 57.7 Å². The molecular formula is C20H18O5. The van der Waals surface area contributed by atoms with Crippen LogP contribution >= 0.6 is 0 Å². The Morgan fingerprint density at radius 1 is 1.12 bits per heavy atom. The van der Waals surface area contributed by atoms with Crippen molar-refractivity contribution >= 4 is 16.9 Å². The molecule has 0 bridgehead atoms. The van der Waals surface area contributed by atoms with Crippen molar-refractivity contribution in [3.05, 3.63) is 64.5 Å². The number of hydrogen-bond acceptors (Lipinski definition) is 5. The van der Waals surface area contributed by atoms with Gasteiger partial charge in [-0.3, -0.25) is 0 Å². The van der Waals surface area contributed by atoms with Crippen LogP contribution in [0, 0.1) is 6.92 Å². The quantitative estimate of drug-likeness (QED) is 0.524. The van der Waals surface area contributed by atoms with E-state index >= 15 is 0 Å². The van der Waals surface area contributed by atoms with E-state index in [1.54, 1.807) is 13.0 Å². The van der Waals surface area contributed by atoms with E-state index < -0.39 is 11.6 Å². The summed E-state index contributed by atoms with van der Waals surface area (Å²) in [5, 5.41) is 0.653. The molecule has 0 saturated carbocycles. The fourth-order valence-electron chi connectivity index (χ4n) is 2.69. The molecule has 1 heterocycles. The average molecular weight is 338 g/mol. The van der Waals surface area contributed by atoms with Crippen LogP contribution in [0.1, 0.15) is 12.5 Å². The summed E-state index contributed by atoms with van der Waals surface area (Å²) in [6.07, 6.45) is 0. The highest BCUT2D eigenvalue weighted by atomic mass is 16.6. The second-order valence-corrected chi connectivity index (χ2v) is 5.58. The van der Waals surface area contributed by atoms with Crippen LogP contribution in [0.2, 0.25) is 0 Å². The summed E-state index contributed by atoms with van der Waals surface area (Å²) in [5.41, 5.74) is 2.41. The van der Waals surface area contributed by atoms with Gasteiger partial charge in [0.15, 0.2) is 6.61 Å². The number of hydrogen-bond donors (Lipinski definition) is 0. The fourth-order valence-corrected chi connectivity index (χ4v) is 2.69. The third-order valence-corrected chi connectivity index (χ3v) is 3.69. The van der Waals surface area contributed by atoms with Gasteiger partial charge in [-0.15, -0.1) is 0 Å². The van der Waals surface area contributed by atoms with Crippen LogP contribution < -0.4 is 10.4 Å². The molecule has 128 valence electrons. The van der Waals surface area contributed by atoms with Crippen molar-refractivity contribution in [1.82, 2.24) is 0 Å². The molecule has 5 heteroatoms. The van der Waals surface area contributed by atoms with Gasteiger partial charge in [0.05, 0.1) is 12.0 Å². The third-order valence-electron chi connectivity index (χ3n) is 3.69. The first-order valence-electron chi connectivity index (χ1n) is 8.01. The minimum absolute atomic E-state index is 0.209. The highest BCUT2D eigenvalue weighted by Crippen LogP contribution is 2.35. The second-order valence-electron chi connectivity index (χ2n) is 5.58. The van der Waals surface area contributed by atoms with Crippen molar-refractivity contribution in [2.75, 3.05) is 13.2 Å². The molecule has 0 radical (unpaired) electrons. The Balaban J connectivity index is 2.16.